The Hall–Kier alpha value is -1.30. The summed E-state index contributed by atoms with van der Waals surface area (Å²) in [4.78, 5) is 25.2. The first kappa shape index (κ1) is 49.7. The van der Waals surface area contributed by atoms with Crippen molar-refractivity contribution in [3.05, 3.63) is 0 Å². The minimum Gasteiger partial charge on any atom is -0.462 e. The third kappa shape index (κ3) is 27.0. The molecule has 1 aliphatic rings. The van der Waals surface area contributed by atoms with Crippen LogP contribution in [0.1, 0.15) is 206 Å². The first-order valence-electron chi connectivity index (χ1n) is 22.1. The molecule has 10 heteroatoms. The molecule has 6 atom stereocenters. The summed E-state index contributed by atoms with van der Waals surface area (Å²) in [6.45, 7) is 3.43. The van der Waals surface area contributed by atoms with Crippen LogP contribution in [0.5, 0.6) is 0 Å². The van der Waals surface area contributed by atoms with Gasteiger partial charge in [0.15, 0.2) is 12.4 Å². The van der Waals surface area contributed by atoms with Crippen molar-refractivity contribution in [2.75, 3.05) is 19.8 Å². The monoisotopic (exact) mass is 759 g/mol. The van der Waals surface area contributed by atoms with E-state index < -0.39 is 49.4 Å². The molecule has 0 amide bonds. The molecule has 314 valence electrons. The fourth-order valence-electron chi connectivity index (χ4n) is 6.95. The summed E-state index contributed by atoms with van der Waals surface area (Å²) in [6.07, 6.45) is 26.9. The highest BCUT2D eigenvalue weighted by molar-refractivity contribution is 5.70. The molecular weight excluding hydrogens is 676 g/mol. The zero-order valence-corrected chi connectivity index (χ0v) is 34.0. The topological polar surface area (TPSA) is 152 Å². The van der Waals surface area contributed by atoms with Crippen molar-refractivity contribution in [1.82, 2.24) is 0 Å². The molecule has 0 aromatic carbocycles. The molecule has 4 N–H and O–H groups in total. The number of aliphatic hydroxyl groups excluding tert-OH is 4. The number of hydrogen-bond acceptors (Lipinski definition) is 10. The van der Waals surface area contributed by atoms with Gasteiger partial charge in [0.05, 0.1) is 13.2 Å². The Kier molecular flexibility index (Phi) is 33.0. The summed E-state index contributed by atoms with van der Waals surface area (Å²) in [5, 5.41) is 40.0. The zero-order valence-electron chi connectivity index (χ0n) is 34.0. The number of rotatable bonds is 37. The van der Waals surface area contributed by atoms with Gasteiger partial charge in [-0.15, -0.1) is 0 Å². The maximum atomic E-state index is 12.7. The molecule has 1 saturated heterocycles. The zero-order chi connectivity index (χ0) is 38.8. The SMILES string of the molecule is CCCCCCCCCCCCCCCCCCCCC(=O)OC[C@@H](CO[C@H]1O[C@@H](CO)[C@@H](O)C(O)C1O)OC(=O)CCCCCCCCCCCC. The van der Waals surface area contributed by atoms with E-state index in [9.17, 15) is 30.0 Å². The van der Waals surface area contributed by atoms with Crippen molar-refractivity contribution in [2.45, 2.75) is 243 Å². The van der Waals surface area contributed by atoms with Crippen molar-refractivity contribution in [2.24, 2.45) is 0 Å². The second-order valence-corrected chi connectivity index (χ2v) is 15.5. The van der Waals surface area contributed by atoms with E-state index >= 15 is 0 Å². The molecule has 1 heterocycles. The second kappa shape index (κ2) is 35.1. The van der Waals surface area contributed by atoms with E-state index in [0.717, 1.165) is 38.5 Å². The van der Waals surface area contributed by atoms with E-state index in [-0.39, 0.29) is 32.0 Å². The van der Waals surface area contributed by atoms with Crippen LogP contribution in [0, 0.1) is 0 Å². The molecule has 53 heavy (non-hydrogen) atoms. The maximum Gasteiger partial charge on any atom is 0.306 e. The highest BCUT2D eigenvalue weighted by Crippen LogP contribution is 2.23. The summed E-state index contributed by atoms with van der Waals surface area (Å²) < 4.78 is 22.1. The number of ether oxygens (including phenoxy) is 4. The third-order valence-electron chi connectivity index (χ3n) is 10.5. The smallest absolute Gasteiger partial charge is 0.306 e. The van der Waals surface area contributed by atoms with Gasteiger partial charge < -0.3 is 39.4 Å². The number of hydrogen-bond donors (Lipinski definition) is 4. The maximum absolute atomic E-state index is 12.7. The minimum atomic E-state index is -1.59. The van der Waals surface area contributed by atoms with Crippen molar-refractivity contribution < 1.29 is 49.0 Å². The van der Waals surface area contributed by atoms with Crippen molar-refractivity contribution in [3.8, 4) is 0 Å². The van der Waals surface area contributed by atoms with Crippen LogP contribution in [-0.2, 0) is 28.5 Å². The number of carbonyl (C=O) groups excluding carboxylic acids is 2. The summed E-state index contributed by atoms with van der Waals surface area (Å²) in [5.41, 5.74) is 0. The highest BCUT2D eigenvalue weighted by Gasteiger charge is 2.44. The second-order valence-electron chi connectivity index (χ2n) is 15.5. The van der Waals surface area contributed by atoms with Crippen molar-refractivity contribution in [1.29, 1.82) is 0 Å². The first-order chi connectivity index (χ1) is 25.8. The van der Waals surface area contributed by atoms with Gasteiger partial charge in [-0.25, -0.2) is 0 Å². The van der Waals surface area contributed by atoms with E-state index in [0.29, 0.717) is 6.42 Å². The van der Waals surface area contributed by atoms with E-state index in [2.05, 4.69) is 13.8 Å². The van der Waals surface area contributed by atoms with Gasteiger partial charge in [0.25, 0.3) is 0 Å². The first-order valence-corrected chi connectivity index (χ1v) is 22.1. The Morgan fingerprint density at radius 3 is 1.28 bits per heavy atom. The summed E-state index contributed by atoms with van der Waals surface area (Å²) in [5.74, 6) is -0.795. The Bertz CT molecular complexity index is 840. The third-order valence-corrected chi connectivity index (χ3v) is 10.5. The van der Waals surface area contributed by atoms with Gasteiger partial charge in [-0.3, -0.25) is 9.59 Å². The van der Waals surface area contributed by atoms with E-state index in [4.69, 9.17) is 18.9 Å². The van der Waals surface area contributed by atoms with Gasteiger partial charge in [-0.05, 0) is 12.8 Å². The van der Waals surface area contributed by atoms with Crippen LogP contribution in [0.15, 0.2) is 0 Å². The molecule has 0 bridgehead atoms. The van der Waals surface area contributed by atoms with Crippen LogP contribution >= 0.6 is 0 Å². The summed E-state index contributed by atoms with van der Waals surface area (Å²) in [7, 11) is 0. The van der Waals surface area contributed by atoms with Crippen LogP contribution in [0.2, 0.25) is 0 Å². The van der Waals surface area contributed by atoms with Crippen LogP contribution in [0.4, 0.5) is 0 Å². The van der Waals surface area contributed by atoms with Crippen LogP contribution < -0.4 is 0 Å². The van der Waals surface area contributed by atoms with Crippen LogP contribution in [0.3, 0.4) is 0 Å². The molecule has 1 rings (SSSR count). The predicted molar refractivity (Wildman–Crippen MR) is 210 cm³/mol. The van der Waals surface area contributed by atoms with E-state index in [1.54, 1.807) is 0 Å². The van der Waals surface area contributed by atoms with Gasteiger partial charge >= 0.3 is 11.9 Å². The number of unbranched alkanes of at least 4 members (excludes halogenated alkanes) is 26. The normalized spacial score (nSPS) is 20.8. The van der Waals surface area contributed by atoms with Crippen LogP contribution in [0.25, 0.3) is 0 Å². The summed E-state index contributed by atoms with van der Waals surface area (Å²) >= 11 is 0. The number of aliphatic hydroxyl groups is 4. The molecule has 1 fully saturated rings. The minimum absolute atomic E-state index is 0.209. The molecular formula is C43H82O10. The van der Waals surface area contributed by atoms with E-state index in [1.807, 2.05) is 0 Å². The molecule has 10 nitrogen and oxygen atoms in total. The summed E-state index contributed by atoms with van der Waals surface area (Å²) in [6, 6.07) is 0. The molecule has 2 unspecified atom stereocenters. The standard InChI is InChI=1S/C43H82O10/c1-3-5-7-9-11-13-15-16-17-18-19-20-21-22-24-25-27-29-31-38(45)50-34-36(35-51-43-42(49)41(48)40(47)37(33-44)53-43)52-39(46)32-30-28-26-23-14-12-10-8-6-4-2/h36-37,40-44,47-49H,3-35H2,1-2H3/t36-,37-,40+,41?,42?,43-/m0/s1. The Labute approximate surface area is 323 Å². The molecule has 0 saturated carbocycles. The quantitative estimate of drug-likeness (QED) is 0.0357. The fraction of sp³-hybridized carbons (Fsp3) is 0.953. The predicted octanol–water partition coefficient (Wildman–Crippen LogP) is 9.00. The lowest BCUT2D eigenvalue weighted by Crippen LogP contribution is -2.59. The molecule has 0 aromatic heterocycles. The lowest BCUT2D eigenvalue weighted by Gasteiger charge is -2.39. The van der Waals surface area contributed by atoms with Gasteiger partial charge in [0.1, 0.15) is 31.0 Å². The number of esters is 2. The van der Waals surface area contributed by atoms with Gasteiger partial charge in [0.2, 0.25) is 0 Å². The lowest BCUT2D eigenvalue weighted by atomic mass is 9.99. The van der Waals surface area contributed by atoms with Gasteiger partial charge in [-0.1, -0.05) is 181 Å². The molecule has 0 aromatic rings. The Morgan fingerprint density at radius 2 is 0.887 bits per heavy atom. The Balaban J connectivity index is 2.28. The van der Waals surface area contributed by atoms with Crippen molar-refractivity contribution >= 4 is 11.9 Å². The van der Waals surface area contributed by atoms with Crippen LogP contribution in [-0.4, -0.2) is 89.0 Å². The van der Waals surface area contributed by atoms with E-state index in [1.165, 1.54) is 135 Å². The molecule has 0 aliphatic carbocycles. The molecule has 0 spiro atoms. The highest BCUT2D eigenvalue weighted by atomic mass is 16.7. The number of carbonyl (C=O) groups is 2. The molecule has 1 aliphatic heterocycles. The van der Waals surface area contributed by atoms with Crippen molar-refractivity contribution in [3.63, 3.8) is 0 Å². The average molecular weight is 759 g/mol. The van der Waals surface area contributed by atoms with Gasteiger partial charge in [0, 0.05) is 12.8 Å². The lowest BCUT2D eigenvalue weighted by molar-refractivity contribution is -0.305. The fourth-order valence-corrected chi connectivity index (χ4v) is 6.95. The Morgan fingerprint density at radius 1 is 0.509 bits per heavy atom. The largest absolute Gasteiger partial charge is 0.462 e. The van der Waals surface area contributed by atoms with Gasteiger partial charge in [-0.2, -0.15) is 0 Å². The average Bonchev–Trinajstić information content (AvgIpc) is 3.15. The molecule has 0 radical (unpaired) electrons.